The van der Waals surface area contributed by atoms with Gasteiger partial charge in [0.25, 0.3) is 5.13 Å². The van der Waals surface area contributed by atoms with Gasteiger partial charge in [0.15, 0.2) is 4.33 Å². The number of alkyl halides is 6. The average molecular weight is 213 g/mol. The van der Waals surface area contributed by atoms with Gasteiger partial charge in [0.05, 0.1) is 6.42 Å². The Kier molecular flexibility index (Phi) is 1.64. The van der Waals surface area contributed by atoms with Crippen LogP contribution in [0.3, 0.4) is 0 Å². The predicted molar refractivity (Wildman–Crippen MR) is 33.7 cm³/mol. The van der Waals surface area contributed by atoms with Crippen molar-refractivity contribution in [2.45, 2.75) is 21.8 Å². The van der Waals surface area contributed by atoms with Gasteiger partial charge in [-0.15, -0.1) is 0 Å². The van der Waals surface area contributed by atoms with Gasteiger partial charge in [0.2, 0.25) is 0 Å². The normalized spacial score (nSPS) is 42.6. The molecule has 0 spiro atoms. The lowest BCUT2D eigenvalue weighted by Gasteiger charge is -2.47. The van der Waals surface area contributed by atoms with Crippen molar-refractivity contribution in [3.63, 3.8) is 0 Å². The van der Waals surface area contributed by atoms with E-state index in [0.29, 0.717) is 0 Å². The second kappa shape index (κ2) is 1.87. The van der Waals surface area contributed by atoms with Gasteiger partial charge in [-0.2, -0.15) is 0 Å². The Balaban J connectivity index is 2.85. The van der Waals surface area contributed by atoms with Crippen LogP contribution in [-0.4, -0.2) is 15.4 Å². The lowest BCUT2D eigenvalue weighted by Crippen LogP contribution is -2.65. The van der Waals surface area contributed by atoms with E-state index in [1.807, 2.05) is 0 Å². The first-order valence-corrected chi connectivity index (χ1v) is 3.47. The lowest BCUT2D eigenvalue weighted by molar-refractivity contribution is -0.173. The van der Waals surface area contributed by atoms with Crippen LogP contribution in [0.2, 0.25) is 0 Å². The molecule has 0 saturated heterocycles. The van der Waals surface area contributed by atoms with Gasteiger partial charge in [0.1, 0.15) is 0 Å². The molecule has 0 N–H and O–H groups in total. The Morgan fingerprint density at radius 1 is 1.00 bits per heavy atom. The Labute approximate surface area is 70.2 Å². The van der Waals surface area contributed by atoms with E-state index in [-0.39, 0.29) is 0 Å². The summed E-state index contributed by atoms with van der Waals surface area (Å²) in [7, 11) is 0. The maximum Gasteiger partial charge on any atom is 0.301 e. The third-order valence-electron chi connectivity index (χ3n) is 1.36. The van der Waals surface area contributed by atoms with Crippen LogP contribution in [0.4, 0.5) is 13.2 Å². The second-order valence-corrected chi connectivity index (χ2v) is 4.16. The first kappa shape index (κ1) is 8.75. The summed E-state index contributed by atoms with van der Waals surface area (Å²) in [5, 5.41) is -3.32. The number of hydrogen-bond donors (Lipinski definition) is 0. The van der Waals surface area contributed by atoms with Crippen molar-refractivity contribution < 1.29 is 13.2 Å². The topological polar surface area (TPSA) is 0 Å². The third kappa shape index (κ3) is 0.836. The summed E-state index contributed by atoms with van der Waals surface area (Å²) in [6, 6.07) is 0. The highest BCUT2D eigenvalue weighted by molar-refractivity contribution is 6.54. The minimum absolute atomic E-state index is 0.941. The molecule has 0 nitrogen and oxygen atoms in total. The van der Waals surface area contributed by atoms with Crippen LogP contribution in [0.1, 0.15) is 6.42 Å². The molecular formula is C4H2Cl3F3. The summed E-state index contributed by atoms with van der Waals surface area (Å²) in [6.45, 7) is 0. The van der Waals surface area contributed by atoms with Gasteiger partial charge in [-0.25, -0.2) is 13.2 Å². The fourth-order valence-corrected chi connectivity index (χ4v) is 1.41. The monoisotopic (exact) mass is 212 g/mol. The van der Waals surface area contributed by atoms with E-state index >= 15 is 0 Å². The van der Waals surface area contributed by atoms with Crippen molar-refractivity contribution in [3.05, 3.63) is 0 Å². The third-order valence-corrected chi connectivity index (χ3v) is 2.94. The van der Waals surface area contributed by atoms with E-state index in [4.69, 9.17) is 34.8 Å². The molecule has 1 rings (SSSR count). The van der Waals surface area contributed by atoms with Crippen molar-refractivity contribution >= 4 is 34.8 Å². The van der Waals surface area contributed by atoms with Crippen molar-refractivity contribution in [2.24, 2.45) is 0 Å². The van der Waals surface area contributed by atoms with Crippen LogP contribution in [0, 0.1) is 0 Å². The van der Waals surface area contributed by atoms with Crippen LogP contribution < -0.4 is 0 Å². The molecule has 0 bridgehead atoms. The van der Waals surface area contributed by atoms with E-state index in [1.165, 1.54) is 0 Å². The molecule has 0 unspecified atom stereocenters. The van der Waals surface area contributed by atoms with Gasteiger partial charge in [-0.05, 0) is 0 Å². The molecule has 60 valence electrons. The maximum atomic E-state index is 12.5. The molecule has 1 fully saturated rings. The summed E-state index contributed by atoms with van der Waals surface area (Å²) in [5.74, 6) is -3.61. The van der Waals surface area contributed by atoms with E-state index in [0.717, 1.165) is 0 Å². The van der Waals surface area contributed by atoms with Gasteiger partial charge in [-0.1, -0.05) is 34.8 Å². The van der Waals surface area contributed by atoms with Gasteiger partial charge in [0, 0.05) is 0 Å². The minimum Gasteiger partial charge on any atom is -0.216 e. The van der Waals surface area contributed by atoms with E-state index < -0.39 is 21.8 Å². The molecule has 0 aromatic rings. The molecule has 0 aromatic heterocycles. The summed E-state index contributed by atoms with van der Waals surface area (Å²) in [5.41, 5.74) is 0. The standard InChI is InChI=1S/C4H2Cl3F3/c5-2(6)1-3(8,9)4(2,7)10/h1H2/t4-/m0/s1. The molecule has 6 heteroatoms. The fraction of sp³-hybridized carbons (Fsp3) is 1.00. The van der Waals surface area contributed by atoms with E-state index in [1.54, 1.807) is 0 Å². The summed E-state index contributed by atoms with van der Waals surface area (Å²) in [6.07, 6.45) is -0.941. The van der Waals surface area contributed by atoms with Crippen LogP contribution in [0.15, 0.2) is 0 Å². The van der Waals surface area contributed by atoms with Crippen LogP contribution in [-0.2, 0) is 0 Å². The number of hydrogen-bond acceptors (Lipinski definition) is 0. The van der Waals surface area contributed by atoms with Crippen molar-refractivity contribution in [2.75, 3.05) is 0 Å². The van der Waals surface area contributed by atoms with Gasteiger partial charge in [-0.3, -0.25) is 0 Å². The SMILES string of the molecule is FC1(F)CC(Cl)(Cl)[C@@]1(F)Cl. The Morgan fingerprint density at radius 2 is 1.40 bits per heavy atom. The zero-order chi connectivity index (χ0) is 8.21. The molecule has 0 aliphatic heterocycles. The van der Waals surface area contributed by atoms with Crippen LogP contribution >= 0.6 is 34.8 Å². The number of rotatable bonds is 0. The van der Waals surface area contributed by atoms with Gasteiger partial charge < -0.3 is 0 Å². The Morgan fingerprint density at radius 3 is 1.40 bits per heavy atom. The lowest BCUT2D eigenvalue weighted by atomic mass is 9.90. The predicted octanol–water partition coefficient (Wildman–Crippen LogP) is 3.10. The highest BCUT2D eigenvalue weighted by atomic mass is 35.5. The smallest absolute Gasteiger partial charge is 0.216 e. The summed E-state index contributed by atoms with van der Waals surface area (Å²) in [4.78, 5) is 0. The first-order chi connectivity index (χ1) is 4.21. The minimum atomic E-state index is -3.61. The maximum absolute atomic E-state index is 12.5. The molecule has 1 saturated carbocycles. The van der Waals surface area contributed by atoms with Crippen LogP contribution in [0.25, 0.3) is 0 Å². The average Bonchev–Trinajstić information content (AvgIpc) is 1.61. The van der Waals surface area contributed by atoms with Crippen LogP contribution in [0.5, 0.6) is 0 Å². The zero-order valence-corrected chi connectivity index (χ0v) is 6.74. The highest BCUT2D eigenvalue weighted by Crippen LogP contribution is 2.64. The van der Waals surface area contributed by atoms with E-state index in [2.05, 4.69) is 0 Å². The summed E-state index contributed by atoms with van der Waals surface area (Å²) < 4.78 is 34.6. The van der Waals surface area contributed by atoms with Crippen molar-refractivity contribution in [3.8, 4) is 0 Å². The zero-order valence-electron chi connectivity index (χ0n) is 4.47. The molecule has 1 aliphatic rings. The largest absolute Gasteiger partial charge is 0.301 e. The molecule has 1 atom stereocenters. The van der Waals surface area contributed by atoms with Gasteiger partial charge >= 0.3 is 5.92 Å². The first-order valence-electron chi connectivity index (χ1n) is 2.34. The molecule has 0 amide bonds. The highest BCUT2D eigenvalue weighted by Gasteiger charge is 2.77. The second-order valence-electron chi connectivity index (χ2n) is 2.16. The Bertz CT molecular complexity index is 149. The molecule has 0 radical (unpaired) electrons. The van der Waals surface area contributed by atoms with Crippen molar-refractivity contribution in [1.82, 2.24) is 0 Å². The molecule has 0 aromatic carbocycles. The van der Waals surface area contributed by atoms with E-state index in [9.17, 15) is 13.2 Å². The molecule has 10 heavy (non-hydrogen) atoms. The quantitative estimate of drug-likeness (QED) is 0.542. The van der Waals surface area contributed by atoms with Crippen molar-refractivity contribution in [1.29, 1.82) is 0 Å². The molecule has 0 heterocycles. The fourth-order valence-electron chi connectivity index (χ4n) is 0.662. The Hall–Kier alpha value is 0.660. The summed E-state index contributed by atoms with van der Waals surface area (Å²) >= 11 is 14.8. The molecule has 1 aliphatic carbocycles. The molecular weight excluding hydrogens is 211 g/mol. The number of halogens is 6.